The van der Waals surface area contributed by atoms with E-state index >= 15 is 0 Å². The molecule has 3 N–H and O–H groups in total. The van der Waals surface area contributed by atoms with Crippen LogP contribution in [0.15, 0.2) is 36.5 Å². The van der Waals surface area contributed by atoms with Crippen molar-refractivity contribution in [2.24, 2.45) is 5.84 Å². The normalized spacial score (nSPS) is 10.9. The van der Waals surface area contributed by atoms with Gasteiger partial charge in [0.15, 0.2) is 5.82 Å². The van der Waals surface area contributed by atoms with Crippen LogP contribution >= 0.6 is 0 Å². The molecule has 0 unspecified atom stereocenters. The molecular formula is C14H16N6. The lowest BCUT2D eigenvalue weighted by atomic mass is 10.2. The quantitative estimate of drug-likeness (QED) is 0.559. The maximum atomic E-state index is 5.48. The summed E-state index contributed by atoms with van der Waals surface area (Å²) in [4.78, 5) is 8.90. The molecule has 0 atom stereocenters. The number of anilines is 1. The van der Waals surface area contributed by atoms with E-state index in [9.17, 15) is 0 Å². The zero-order valence-corrected chi connectivity index (χ0v) is 11.2. The molecule has 3 rings (SSSR count). The largest absolute Gasteiger partial charge is 0.308 e. The average Bonchev–Trinajstić information content (AvgIpc) is 2.91. The summed E-state index contributed by atoms with van der Waals surface area (Å²) in [7, 11) is 0. The van der Waals surface area contributed by atoms with Gasteiger partial charge in [0, 0.05) is 17.9 Å². The number of hydrazine groups is 1. The van der Waals surface area contributed by atoms with Gasteiger partial charge in [-0.25, -0.2) is 20.5 Å². The number of nitrogens with zero attached hydrogens (tertiary/aromatic N) is 4. The number of para-hydroxylation sites is 1. The van der Waals surface area contributed by atoms with Gasteiger partial charge in [-0.05, 0) is 12.5 Å². The van der Waals surface area contributed by atoms with Crippen molar-refractivity contribution < 1.29 is 0 Å². The first-order valence-corrected chi connectivity index (χ1v) is 6.59. The van der Waals surface area contributed by atoms with Crippen LogP contribution in [0.25, 0.3) is 16.7 Å². The van der Waals surface area contributed by atoms with Crippen LogP contribution in [0.4, 0.5) is 5.82 Å². The lowest BCUT2D eigenvalue weighted by Crippen LogP contribution is -2.12. The molecule has 0 aliphatic carbocycles. The number of hydrogen-bond acceptors (Lipinski definition) is 5. The third kappa shape index (κ3) is 2.21. The number of rotatable bonds is 4. The van der Waals surface area contributed by atoms with Crippen LogP contribution in [0.5, 0.6) is 0 Å². The predicted molar refractivity (Wildman–Crippen MR) is 78.5 cm³/mol. The summed E-state index contributed by atoms with van der Waals surface area (Å²) < 4.78 is 1.80. The first-order chi connectivity index (χ1) is 9.81. The number of aromatic nitrogens is 4. The Kier molecular flexibility index (Phi) is 3.30. The van der Waals surface area contributed by atoms with E-state index in [1.807, 2.05) is 30.5 Å². The van der Waals surface area contributed by atoms with Gasteiger partial charge in [0.05, 0.1) is 11.7 Å². The molecule has 0 saturated heterocycles. The molecule has 0 fully saturated rings. The summed E-state index contributed by atoms with van der Waals surface area (Å²) in [6.07, 6.45) is 3.61. The first-order valence-electron chi connectivity index (χ1n) is 6.59. The number of hydrogen-bond donors (Lipinski definition) is 2. The van der Waals surface area contributed by atoms with Gasteiger partial charge in [0.25, 0.3) is 0 Å². The summed E-state index contributed by atoms with van der Waals surface area (Å²) >= 11 is 0. The van der Waals surface area contributed by atoms with Crippen LogP contribution in [0.2, 0.25) is 0 Å². The van der Waals surface area contributed by atoms with Gasteiger partial charge < -0.3 is 5.43 Å². The Hall–Kier alpha value is -2.47. The molecule has 102 valence electrons. The third-order valence-corrected chi connectivity index (χ3v) is 3.07. The molecule has 1 aromatic carbocycles. The van der Waals surface area contributed by atoms with Crippen LogP contribution in [-0.2, 0) is 6.42 Å². The Bertz CT molecular complexity index is 733. The van der Waals surface area contributed by atoms with Gasteiger partial charge in [-0.15, -0.1) is 0 Å². The molecule has 0 aliphatic rings. The highest BCUT2D eigenvalue weighted by atomic mass is 15.3. The third-order valence-electron chi connectivity index (χ3n) is 3.07. The van der Waals surface area contributed by atoms with Gasteiger partial charge in [0.1, 0.15) is 11.6 Å². The summed E-state index contributed by atoms with van der Waals surface area (Å²) in [5, 5.41) is 5.47. The minimum atomic E-state index is 0.595. The molecule has 0 aliphatic heterocycles. The van der Waals surface area contributed by atoms with Crippen LogP contribution < -0.4 is 11.3 Å². The van der Waals surface area contributed by atoms with E-state index in [0.717, 1.165) is 35.4 Å². The summed E-state index contributed by atoms with van der Waals surface area (Å²) in [5.41, 5.74) is 3.59. The number of fused-ring (bicyclic) bond motifs is 1. The second-order valence-electron chi connectivity index (χ2n) is 4.54. The van der Waals surface area contributed by atoms with Crippen molar-refractivity contribution in [3.63, 3.8) is 0 Å². The second-order valence-corrected chi connectivity index (χ2v) is 4.54. The van der Waals surface area contributed by atoms with Crippen LogP contribution in [0.3, 0.4) is 0 Å². The van der Waals surface area contributed by atoms with Crippen LogP contribution in [-0.4, -0.2) is 19.7 Å². The van der Waals surface area contributed by atoms with E-state index in [-0.39, 0.29) is 0 Å². The molecule has 0 radical (unpaired) electrons. The zero-order valence-electron chi connectivity index (χ0n) is 11.2. The molecule has 2 aromatic heterocycles. The maximum absolute atomic E-state index is 5.48. The van der Waals surface area contributed by atoms with E-state index in [2.05, 4.69) is 27.4 Å². The van der Waals surface area contributed by atoms with Gasteiger partial charge in [-0.3, -0.25) is 0 Å². The van der Waals surface area contributed by atoms with Gasteiger partial charge >= 0.3 is 0 Å². The van der Waals surface area contributed by atoms with Gasteiger partial charge in [-0.1, -0.05) is 25.1 Å². The first kappa shape index (κ1) is 12.6. The summed E-state index contributed by atoms with van der Waals surface area (Å²) in [6, 6.07) is 9.80. The maximum Gasteiger partial charge on any atom is 0.159 e. The van der Waals surface area contributed by atoms with Crippen molar-refractivity contribution >= 4 is 16.7 Å². The van der Waals surface area contributed by atoms with E-state index < -0.39 is 0 Å². The van der Waals surface area contributed by atoms with Crippen molar-refractivity contribution in [2.45, 2.75) is 19.8 Å². The standard InChI is InChI=1S/C14H16N6/c1-2-5-12-17-13(19-15)8-14(18-12)20-11-7-4-3-6-10(11)9-16-20/h3-4,6-9H,2,5,15H2,1H3,(H,17,18,19). The average molecular weight is 268 g/mol. The minimum absolute atomic E-state index is 0.595. The number of nitrogens with two attached hydrogens (primary N) is 1. The molecule has 0 saturated carbocycles. The highest BCUT2D eigenvalue weighted by Gasteiger charge is 2.09. The monoisotopic (exact) mass is 268 g/mol. The number of nitrogens with one attached hydrogen (secondary N) is 1. The van der Waals surface area contributed by atoms with E-state index in [4.69, 9.17) is 5.84 Å². The lowest BCUT2D eigenvalue weighted by Gasteiger charge is -2.08. The Morgan fingerprint density at radius 1 is 1.25 bits per heavy atom. The summed E-state index contributed by atoms with van der Waals surface area (Å²) in [6.45, 7) is 2.09. The summed E-state index contributed by atoms with van der Waals surface area (Å²) in [5.74, 6) is 7.56. The SMILES string of the molecule is CCCc1nc(NN)cc(-n2ncc3ccccc32)n1. The fourth-order valence-electron chi connectivity index (χ4n) is 2.16. The minimum Gasteiger partial charge on any atom is -0.308 e. The Labute approximate surface area is 116 Å². The number of benzene rings is 1. The Balaban J connectivity index is 2.15. The fourth-order valence-corrected chi connectivity index (χ4v) is 2.16. The molecule has 0 spiro atoms. The molecule has 2 heterocycles. The molecule has 0 amide bonds. The second kappa shape index (κ2) is 5.26. The highest BCUT2D eigenvalue weighted by molar-refractivity contribution is 5.79. The Morgan fingerprint density at radius 2 is 2.10 bits per heavy atom. The van der Waals surface area contributed by atoms with E-state index in [1.54, 1.807) is 10.7 Å². The smallest absolute Gasteiger partial charge is 0.159 e. The topological polar surface area (TPSA) is 81.6 Å². The van der Waals surface area contributed by atoms with E-state index in [0.29, 0.717) is 5.82 Å². The van der Waals surface area contributed by atoms with Crippen molar-refractivity contribution in [3.05, 3.63) is 42.4 Å². The van der Waals surface area contributed by atoms with Crippen LogP contribution in [0, 0.1) is 0 Å². The molecule has 6 nitrogen and oxygen atoms in total. The van der Waals surface area contributed by atoms with Crippen molar-refractivity contribution in [1.82, 2.24) is 19.7 Å². The number of nitrogen functional groups attached to an aromatic ring is 1. The molecule has 6 heteroatoms. The fraction of sp³-hybridized carbons (Fsp3) is 0.214. The molecular weight excluding hydrogens is 252 g/mol. The predicted octanol–water partition coefficient (Wildman–Crippen LogP) is 2.05. The molecule has 0 bridgehead atoms. The lowest BCUT2D eigenvalue weighted by molar-refractivity contribution is 0.796. The number of aryl methyl sites for hydroxylation is 1. The van der Waals surface area contributed by atoms with Gasteiger partial charge in [0.2, 0.25) is 0 Å². The molecule has 20 heavy (non-hydrogen) atoms. The molecule has 3 aromatic rings. The highest BCUT2D eigenvalue weighted by Crippen LogP contribution is 2.18. The van der Waals surface area contributed by atoms with Crippen molar-refractivity contribution in [3.8, 4) is 5.82 Å². The van der Waals surface area contributed by atoms with Crippen molar-refractivity contribution in [2.75, 3.05) is 5.43 Å². The Morgan fingerprint density at radius 3 is 2.90 bits per heavy atom. The zero-order chi connectivity index (χ0) is 13.9. The van der Waals surface area contributed by atoms with Crippen molar-refractivity contribution in [1.29, 1.82) is 0 Å². The van der Waals surface area contributed by atoms with Gasteiger partial charge in [-0.2, -0.15) is 5.10 Å². The van der Waals surface area contributed by atoms with Crippen LogP contribution in [0.1, 0.15) is 19.2 Å². The van der Waals surface area contributed by atoms with E-state index in [1.165, 1.54) is 0 Å².